The molecule has 0 atom stereocenters. The zero-order valence-electron chi connectivity index (χ0n) is 10.7. The summed E-state index contributed by atoms with van der Waals surface area (Å²) in [5.74, 6) is 1.69. The van der Waals surface area contributed by atoms with Crippen LogP contribution in [0.3, 0.4) is 0 Å². The molecule has 18 heavy (non-hydrogen) atoms. The summed E-state index contributed by atoms with van der Waals surface area (Å²) in [6.07, 6.45) is 3.93. The van der Waals surface area contributed by atoms with E-state index in [0.29, 0.717) is 6.79 Å². The lowest BCUT2D eigenvalue weighted by molar-refractivity contribution is 0.174. The van der Waals surface area contributed by atoms with Crippen LogP contribution in [0, 0.1) is 0 Å². The first-order chi connectivity index (χ1) is 8.92. The maximum atomic E-state index is 5.36. The molecular weight excluding hydrogens is 228 g/mol. The van der Waals surface area contributed by atoms with Crippen molar-refractivity contribution < 1.29 is 9.47 Å². The Kier molecular flexibility index (Phi) is 3.55. The summed E-state index contributed by atoms with van der Waals surface area (Å²) in [4.78, 5) is 2.54. The van der Waals surface area contributed by atoms with E-state index < -0.39 is 0 Å². The molecule has 0 unspecified atom stereocenters. The minimum absolute atomic E-state index is 0.341. The Bertz CT molecular complexity index is 403. The summed E-state index contributed by atoms with van der Waals surface area (Å²) in [5, 5.41) is 3.44. The van der Waals surface area contributed by atoms with Gasteiger partial charge in [-0.05, 0) is 51.0 Å². The predicted molar refractivity (Wildman–Crippen MR) is 71.3 cm³/mol. The highest BCUT2D eigenvalue weighted by Crippen LogP contribution is 2.34. The molecule has 0 saturated carbocycles. The lowest BCUT2D eigenvalue weighted by atomic mass is 10.2. The molecule has 2 aliphatic heterocycles. The van der Waals surface area contributed by atoms with Gasteiger partial charge in [-0.3, -0.25) is 0 Å². The van der Waals surface area contributed by atoms with Crippen molar-refractivity contribution in [2.45, 2.75) is 19.3 Å². The molecule has 0 spiro atoms. The van der Waals surface area contributed by atoms with E-state index in [1.54, 1.807) is 0 Å². The van der Waals surface area contributed by atoms with Crippen molar-refractivity contribution >= 4 is 5.69 Å². The van der Waals surface area contributed by atoms with Gasteiger partial charge in [0.25, 0.3) is 0 Å². The zero-order valence-corrected chi connectivity index (χ0v) is 10.7. The molecule has 0 aliphatic carbocycles. The van der Waals surface area contributed by atoms with Crippen LogP contribution in [0.1, 0.15) is 19.3 Å². The van der Waals surface area contributed by atoms with Crippen LogP contribution >= 0.6 is 0 Å². The van der Waals surface area contributed by atoms with E-state index in [4.69, 9.17) is 9.47 Å². The fourth-order valence-electron chi connectivity index (χ4n) is 2.55. The van der Waals surface area contributed by atoms with Crippen LogP contribution in [0.25, 0.3) is 0 Å². The number of hydrogen-bond acceptors (Lipinski definition) is 4. The molecule has 4 nitrogen and oxygen atoms in total. The van der Waals surface area contributed by atoms with Gasteiger partial charge in [-0.2, -0.15) is 0 Å². The van der Waals surface area contributed by atoms with Crippen molar-refractivity contribution in [2.75, 3.05) is 38.3 Å². The number of fused-ring (bicyclic) bond motifs is 1. The summed E-state index contributed by atoms with van der Waals surface area (Å²) in [7, 11) is 0. The molecule has 1 aromatic carbocycles. The summed E-state index contributed by atoms with van der Waals surface area (Å²) >= 11 is 0. The standard InChI is InChI=1S/C14H20N2O2/c1-2-8-16(7-1)9-3-6-15-12-4-5-13-14(10-12)18-11-17-13/h4-5,10,15H,1-3,6-9,11H2. The monoisotopic (exact) mass is 248 g/mol. The number of nitrogens with one attached hydrogen (secondary N) is 1. The van der Waals surface area contributed by atoms with E-state index in [0.717, 1.165) is 23.7 Å². The largest absolute Gasteiger partial charge is 0.454 e. The molecule has 0 bridgehead atoms. The second-order valence-electron chi connectivity index (χ2n) is 4.90. The Morgan fingerprint density at radius 1 is 1.11 bits per heavy atom. The topological polar surface area (TPSA) is 33.7 Å². The van der Waals surface area contributed by atoms with Gasteiger partial charge in [0.2, 0.25) is 6.79 Å². The Hall–Kier alpha value is -1.42. The van der Waals surface area contributed by atoms with E-state index >= 15 is 0 Å². The first kappa shape index (κ1) is 11.7. The second-order valence-corrected chi connectivity index (χ2v) is 4.90. The highest BCUT2D eigenvalue weighted by Gasteiger charge is 2.13. The van der Waals surface area contributed by atoms with Crippen molar-refractivity contribution in [2.24, 2.45) is 0 Å². The number of anilines is 1. The van der Waals surface area contributed by atoms with Crippen LogP contribution < -0.4 is 14.8 Å². The number of rotatable bonds is 5. The third kappa shape index (κ3) is 2.70. The lowest BCUT2D eigenvalue weighted by Gasteiger charge is -2.14. The van der Waals surface area contributed by atoms with Crippen molar-refractivity contribution in [3.63, 3.8) is 0 Å². The van der Waals surface area contributed by atoms with Gasteiger partial charge in [-0.15, -0.1) is 0 Å². The molecule has 0 radical (unpaired) electrons. The predicted octanol–water partition coefficient (Wildman–Crippen LogP) is 2.31. The van der Waals surface area contributed by atoms with E-state index in [-0.39, 0.29) is 0 Å². The molecule has 2 heterocycles. The minimum atomic E-state index is 0.341. The van der Waals surface area contributed by atoms with Gasteiger partial charge in [-0.25, -0.2) is 0 Å². The van der Waals surface area contributed by atoms with Gasteiger partial charge < -0.3 is 19.7 Å². The fourth-order valence-corrected chi connectivity index (χ4v) is 2.55. The highest BCUT2D eigenvalue weighted by atomic mass is 16.7. The molecule has 1 N–H and O–H groups in total. The minimum Gasteiger partial charge on any atom is -0.454 e. The smallest absolute Gasteiger partial charge is 0.231 e. The Morgan fingerprint density at radius 2 is 1.94 bits per heavy atom. The molecule has 3 rings (SSSR count). The Labute approximate surface area is 108 Å². The maximum Gasteiger partial charge on any atom is 0.231 e. The first-order valence-corrected chi connectivity index (χ1v) is 6.78. The quantitative estimate of drug-likeness (QED) is 0.811. The first-order valence-electron chi connectivity index (χ1n) is 6.78. The number of likely N-dealkylation sites (tertiary alicyclic amines) is 1. The molecule has 98 valence electrons. The van der Waals surface area contributed by atoms with Crippen LogP contribution in [-0.4, -0.2) is 37.9 Å². The van der Waals surface area contributed by atoms with Gasteiger partial charge in [0.1, 0.15) is 0 Å². The third-order valence-corrected chi connectivity index (χ3v) is 3.55. The second kappa shape index (κ2) is 5.48. The summed E-state index contributed by atoms with van der Waals surface area (Å²) < 4.78 is 10.6. The molecule has 1 fully saturated rings. The Morgan fingerprint density at radius 3 is 2.83 bits per heavy atom. The summed E-state index contributed by atoms with van der Waals surface area (Å²) in [6.45, 7) is 5.12. The molecule has 2 aliphatic rings. The number of ether oxygens (including phenoxy) is 2. The van der Waals surface area contributed by atoms with E-state index in [1.165, 1.54) is 38.9 Å². The van der Waals surface area contributed by atoms with Crippen molar-refractivity contribution in [1.29, 1.82) is 0 Å². The average molecular weight is 248 g/mol. The van der Waals surface area contributed by atoms with Gasteiger partial charge in [0.15, 0.2) is 11.5 Å². The number of hydrogen-bond donors (Lipinski definition) is 1. The molecule has 1 aromatic rings. The summed E-state index contributed by atoms with van der Waals surface area (Å²) in [6, 6.07) is 6.02. The average Bonchev–Trinajstić information content (AvgIpc) is 3.05. The van der Waals surface area contributed by atoms with E-state index in [2.05, 4.69) is 10.2 Å². The van der Waals surface area contributed by atoms with Crippen molar-refractivity contribution in [1.82, 2.24) is 4.90 Å². The van der Waals surface area contributed by atoms with Gasteiger partial charge in [0.05, 0.1) is 0 Å². The van der Waals surface area contributed by atoms with Crippen LogP contribution in [0.2, 0.25) is 0 Å². The number of benzene rings is 1. The van der Waals surface area contributed by atoms with Gasteiger partial charge in [0, 0.05) is 18.3 Å². The van der Waals surface area contributed by atoms with Crippen LogP contribution in [-0.2, 0) is 0 Å². The number of nitrogens with zero attached hydrogens (tertiary/aromatic N) is 1. The molecule has 1 saturated heterocycles. The lowest BCUT2D eigenvalue weighted by Crippen LogP contribution is -2.22. The van der Waals surface area contributed by atoms with Crippen molar-refractivity contribution in [3.8, 4) is 11.5 Å². The Balaban J connectivity index is 1.42. The zero-order chi connectivity index (χ0) is 12.2. The summed E-state index contributed by atoms with van der Waals surface area (Å²) in [5.41, 5.74) is 1.11. The van der Waals surface area contributed by atoms with Gasteiger partial charge >= 0.3 is 0 Å². The highest BCUT2D eigenvalue weighted by molar-refractivity contribution is 5.55. The fraction of sp³-hybridized carbons (Fsp3) is 0.571. The third-order valence-electron chi connectivity index (χ3n) is 3.55. The molecule has 0 amide bonds. The SMILES string of the molecule is c1cc2c(cc1NCCCN1CCCC1)OCO2. The van der Waals surface area contributed by atoms with E-state index in [1.807, 2.05) is 18.2 Å². The van der Waals surface area contributed by atoms with Crippen LogP contribution in [0.15, 0.2) is 18.2 Å². The molecule has 4 heteroatoms. The van der Waals surface area contributed by atoms with Gasteiger partial charge in [-0.1, -0.05) is 0 Å². The van der Waals surface area contributed by atoms with Crippen LogP contribution in [0.5, 0.6) is 11.5 Å². The normalized spacial score (nSPS) is 18.2. The van der Waals surface area contributed by atoms with Crippen LogP contribution in [0.4, 0.5) is 5.69 Å². The van der Waals surface area contributed by atoms with E-state index in [9.17, 15) is 0 Å². The maximum absolute atomic E-state index is 5.36. The molecule has 0 aromatic heterocycles. The van der Waals surface area contributed by atoms with Crippen molar-refractivity contribution in [3.05, 3.63) is 18.2 Å². The molecular formula is C14H20N2O2.